The molecule has 0 spiro atoms. The third-order valence-corrected chi connectivity index (χ3v) is 3.01. The van der Waals surface area contributed by atoms with E-state index in [0.29, 0.717) is 17.4 Å². The van der Waals surface area contributed by atoms with Crippen molar-refractivity contribution in [3.63, 3.8) is 0 Å². The summed E-state index contributed by atoms with van der Waals surface area (Å²) in [7, 11) is 2.12. The second-order valence-corrected chi connectivity index (χ2v) is 4.49. The van der Waals surface area contributed by atoms with Crippen LogP contribution in [0.3, 0.4) is 0 Å². The third-order valence-electron chi connectivity index (χ3n) is 3.01. The van der Waals surface area contributed by atoms with Crippen molar-refractivity contribution in [2.45, 2.75) is 18.9 Å². The molecule has 1 aliphatic rings. The van der Waals surface area contributed by atoms with E-state index >= 15 is 0 Å². The molecule has 3 N–H and O–H groups in total. The molecule has 0 aliphatic carbocycles. The highest BCUT2D eigenvalue weighted by Crippen LogP contribution is 2.16. The Morgan fingerprint density at radius 2 is 2.41 bits per heavy atom. The first kappa shape index (κ1) is 11.7. The van der Waals surface area contributed by atoms with Crippen LogP contribution in [0.25, 0.3) is 0 Å². The maximum Gasteiger partial charge on any atom is 0.165 e. The monoisotopic (exact) mass is 231 g/mol. The first-order valence-electron chi connectivity index (χ1n) is 5.81. The summed E-state index contributed by atoms with van der Waals surface area (Å²) in [6.07, 6.45) is 2.33. The van der Waals surface area contributed by atoms with Crippen LogP contribution in [-0.4, -0.2) is 36.1 Å². The molecule has 0 amide bonds. The minimum atomic E-state index is 0.291. The number of nitriles is 1. The van der Waals surface area contributed by atoms with Crippen molar-refractivity contribution >= 4 is 11.5 Å². The Morgan fingerprint density at radius 1 is 1.59 bits per heavy atom. The van der Waals surface area contributed by atoms with Gasteiger partial charge in [-0.3, -0.25) is 0 Å². The van der Waals surface area contributed by atoms with E-state index in [1.165, 1.54) is 6.42 Å². The van der Waals surface area contributed by atoms with Crippen molar-refractivity contribution in [1.82, 2.24) is 9.88 Å². The van der Waals surface area contributed by atoms with Crippen molar-refractivity contribution < 1.29 is 0 Å². The second-order valence-electron chi connectivity index (χ2n) is 4.49. The number of nitrogens with two attached hydrogens (primary N) is 1. The second kappa shape index (κ2) is 5.02. The lowest BCUT2D eigenvalue weighted by molar-refractivity contribution is 0.261. The van der Waals surface area contributed by atoms with Gasteiger partial charge in [-0.05, 0) is 38.6 Å². The minimum absolute atomic E-state index is 0.291. The molecule has 0 saturated carbocycles. The van der Waals surface area contributed by atoms with Gasteiger partial charge in [0.1, 0.15) is 11.9 Å². The molecular weight excluding hydrogens is 214 g/mol. The van der Waals surface area contributed by atoms with Crippen LogP contribution in [-0.2, 0) is 0 Å². The molecule has 1 fully saturated rings. The molecule has 1 atom stereocenters. The molecule has 90 valence electrons. The first-order chi connectivity index (χ1) is 8.19. The zero-order valence-corrected chi connectivity index (χ0v) is 9.98. The fraction of sp³-hybridized carbons (Fsp3) is 0.500. The van der Waals surface area contributed by atoms with Gasteiger partial charge in [-0.25, -0.2) is 4.98 Å². The molecule has 0 radical (unpaired) electrons. The van der Waals surface area contributed by atoms with Gasteiger partial charge >= 0.3 is 0 Å². The normalized spacial score (nSPS) is 20.8. The van der Waals surface area contributed by atoms with Gasteiger partial charge in [0, 0.05) is 12.6 Å². The Balaban J connectivity index is 2.06. The fourth-order valence-corrected chi connectivity index (χ4v) is 2.13. The Bertz CT molecular complexity index is 437. The molecule has 0 bridgehead atoms. The number of hydrogen-bond donors (Lipinski definition) is 2. The summed E-state index contributed by atoms with van der Waals surface area (Å²) in [5.74, 6) is 0.732. The van der Waals surface area contributed by atoms with Crippen molar-refractivity contribution in [3.05, 3.63) is 17.8 Å². The molecule has 1 unspecified atom stereocenters. The summed E-state index contributed by atoms with van der Waals surface area (Å²) >= 11 is 0. The topological polar surface area (TPSA) is 78.0 Å². The van der Waals surface area contributed by atoms with Crippen LogP contribution < -0.4 is 11.1 Å². The molecule has 1 saturated heterocycles. The number of hydrogen-bond acceptors (Lipinski definition) is 5. The Labute approximate surface area is 101 Å². The van der Waals surface area contributed by atoms with Gasteiger partial charge in [-0.1, -0.05) is 0 Å². The number of nitrogen functional groups attached to an aromatic ring is 1. The Morgan fingerprint density at radius 3 is 3.12 bits per heavy atom. The summed E-state index contributed by atoms with van der Waals surface area (Å²) in [6.45, 7) is 2.16. The van der Waals surface area contributed by atoms with E-state index in [-0.39, 0.29) is 0 Å². The molecule has 1 aliphatic heterocycles. The zero-order valence-electron chi connectivity index (χ0n) is 9.98. The lowest BCUT2D eigenvalue weighted by Crippen LogP contribution is -2.39. The van der Waals surface area contributed by atoms with E-state index in [1.807, 2.05) is 12.1 Å². The Hall–Kier alpha value is -1.80. The third kappa shape index (κ3) is 2.86. The number of likely N-dealkylation sites (N-methyl/N-ethyl adjacent to an activating group) is 1. The quantitative estimate of drug-likeness (QED) is 0.795. The van der Waals surface area contributed by atoms with Crippen molar-refractivity contribution in [2.75, 3.05) is 31.2 Å². The molecular formula is C12H17N5. The predicted molar refractivity (Wildman–Crippen MR) is 67.5 cm³/mol. The number of rotatable bonds is 2. The molecule has 2 rings (SSSR count). The standard InChI is InChI=1S/C12H17N5/c1-17-6-2-3-9(8-17)15-12-5-4-10(14)11(7-13)16-12/h4-5,9H,2-3,6,8,14H2,1H3,(H,15,16). The summed E-state index contributed by atoms with van der Waals surface area (Å²) in [5.41, 5.74) is 6.35. The van der Waals surface area contributed by atoms with Crippen LogP contribution >= 0.6 is 0 Å². The van der Waals surface area contributed by atoms with Gasteiger partial charge in [-0.15, -0.1) is 0 Å². The molecule has 5 nitrogen and oxygen atoms in total. The fourth-order valence-electron chi connectivity index (χ4n) is 2.13. The van der Waals surface area contributed by atoms with Gasteiger partial charge in [0.2, 0.25) is 0 Å². The molecule has 17 heavy (non-hydrogen) atoms. The van der Waals surface area contributed by atoms with E-state index < -0.39 is 0 Å². The van der Waals surface area contributed by atoms with Gasteiger partial charge in [-0.2, -0.15) is 5.26 Å². The average Bonchev–Trinajstić information content (AvgIpc) is 2.32. The smallest absolute Gasteiger partial charge is 0.165 e. The molecule has 1 aromatic heterocycles. The summed E-state index contributed by atoms with van der Waals surface area (Å²) in [6, 6.07) is 5.94. The van der Waals surface area contributed by atoms with Crippen LogP contribution in [0.15, 0.2) is 12.1 Å². The maximum absolute atomic E-state index is 8.86. The van der Waals surface area contributed by atoms with Crippen molar-refractivity contribution in [2.24, 2.45) is 0 Å². The lowest BCUT2D eigenvalue weighted by atomic mass is 10.1. The van der Waals surface area contributed by atoms with Gasteiger partial charge in [0.15, 0.2) is 5.69 Å². The van der Waals surface area contributed by atoms with Gasteiger partial charge in [0.05, 0.1) is 5.69 Å². The van der Waals surface area contributed by atoms with Crippen LogP contribution in [0.5, 0.6) is 0 Å². The van der Waals surface area contributed by atoms with Crippen LogP contribution in [0.2, 0.25) is 0 Å². The zero-order chi connectivity index (χ0) is 12.3. The highest BCUT2D eigenvalue weighted by atomic mass is 15.1. The number of aromatic nitrogens is 1. The summed E-state index contributed by atoms with van der Waals surface area (Å²) in [4.78, 5) is 6.49. The molecule has 2 heterocycles. The first-order valence-corrected chi connectivity index (χ1v) is 5.81. The highest BCUT2D eigenvalue weighted by Gasteiger charge is 2.17. The largest absolute Gasteiger partial charge is 0.396 e. The average molecular weight is 231 g/mol. The molecule has 1 aromatic rings. The number of nitrogens with one attached hydrogen (secondary N) is 1. The Kier molecular flexibility index (Phi) is 3.45. The highest BCUT2D eigenvalue weighted by molar-refractivity contribution is 5.54. The SMILES string of the molecule is CN1CCCC(Nc2ccc(N)c(C#N)n2)C1. The van der Waals surface area contributed by atoms with Crippen LogP contribution in [0.4, 0.5) is 11.5 Å². The number of nitrogens with zero attached hydrogens (tertiary/aromatic N) is 3. The van der Waals surface area contributed by atoms with E-state index in [0.717, 1.165) is 25.3 Å². The van der Waals surface area contributed by atoms with Crippen LogP contribution in [0, 0.1) is 11.3 Å². The van der Waals surface area contributed by atoms with E-state index in [4.69, 9.17) is 11.0 Å². The summed E-state index contributed by atoms with van der Waals surface area (Å²) < 4.78 is 0. The van der Waals surface area contributed by atoms with Crippen molar-refractivity contribution in [3.8, 4) is 6.07 Å². The predicted octanol–water partition coefficient (Wildman–Crippen LogP) is 1.04. The number of piperidine rings is 1. The van der Waals surface area contributed by atoms with E-state index in [1.54, 1.807) is 6.07 Å². The number of anilines is 2. The maximum atomic E-state index is 8.86. The van der Waals surface area contributed by atoms with Crippen LogP contribution in [0.1, 0.15) is 18.5 Å². The number of pyridine rings is 1. The lowest BCUT2D eigenvalue weighted by Gasteiger charge is -2.30. The molecule has 5 heteroatoms. The summed E-state index contributed by atoms with van der Waals surface area (Å²) in [5, 5.41) is 12.2. The van der Waals surface area contributed by atoms with E-state index in [9.17, 15) is 0 Å². The van der Waals surface area contributed by atoms with E-state index in [2.05, 4.69) is 22.2 Å². The van der Waals surface area contributed by atoms with Gasteiger partial charge in [0.25, 0.3) is 0 Å². The van der Waals surface area contributed by atoms with Gasteiger partial charge < -0.3 is 16.0 Å². The minimum Gasteiger partial charge on any atom is -0.396 e. The molecule has 0 aromatic carbocycles. The van der Waals surface area contributed by atoms with Crippen molar-refractivity contribution in [1.29, 1.82) is 5.26 Å². The number of likely N-dealkylation sites (tertiary alicyclic amines) is 1.